The molecule has 0 fully saturated rings. The second-order valence-electron chi connectivity index (χ2n) is 9.12. The number of fused-ring (bicyclic) bond motifs is 4. The third-order valence-corrected chi connectivity index (χ3v) is 7.32. The number of benzene rings is 4. The van der Waals surface area contributed by atoms with Crippen molar-refractivity contribution < 1.29 is 15.0 Å². The summed E-state index contributed by atoms with van der Waals surface area (Å²) in [5.74, 6) is 0.623. The first-order valence-corrected chi connectivity index (χ1v) is 12.0. The van der Waals surface area contributed by atoms with Crippen LogP contribution in [0.2, 0.25) is 0 Å². The van der Waals surface area contributed by atoms with Gasteiger partial charge in [-0.3, -0.25) is 4.79 Å². The van der Waals surface area contributed by atoms with Gasteiger partial charge in [0.2, 0.25) is 0 Å². The number of anilines is 1. The summed E-state index contributed by atoms with van der Waals surface area (Å²) in [7, 11) is 0. The Morgan fingerprint density at radius 2 is 1.86 bits per heavy atom. The molecular weight excluding hydrogens is 460 g/mol. The van der Waals surface area contributed by atoms with E-state index in [1.807, 2.05) is 61.5 Å². The first-order valence-electron chi connectivity index (χ1n) is 11.5. The number of rotatable bonds is 3. The number of aryl methyl sites for hydroxylation is 1. The number of amides is 1. The maximum Gasteiger partial charge on any atom is 0.258 e. The van der Waals surface area contributed by atoms with E-state index in [-0.39, 0.29) is 23.3 Å². The lowest BCUT2D eigenvalue weighted by atomic mass is 9.92. The number of nitrogens with one attached hydrogen (secondary N) is 1. The zero-order valence-corrected chi connectivity index (χ0v) is 19.8. The largest absolute Gasteiger partial charge is 0.508 e. The monoisotopic (exact) mass is 482 g/mol. The van der Waals surface area contributed by atoms with Crippen molar-refractivity contribution in [1.29, 1.82) is 0 Å². The molecule has 5 nitrogen and oxygen atoms in total. The Balaban J connectivity index is 1.42. The predicted octanol–water partition coefficient (Wildman–Crippen LogP) is 6.69. The van der Waals surface area contributed by atoms with E-state index in [4.69, 9.17) is 11.6 Å². The number of carbonyl (C=O) groups is 1. The molecule has 0 saturated heterocycles. The van der Waals surface area contributed by atoms with Crippen LogP contribution in [0.15, 0.2) is 72.8 Å². The molecule has 0 unspecified atom stereocenters. The Kier molecular flexibility index (Phi) is 4.97. The molecule has 0 radical (unpaired) electrons. The van der Waals surface area contributed by atoms with E-state index in [1.54, 1.807) is 23.1 Å². The molecule has 1 aliphatic rings. The molecule has 2 heterocycles. The highest BCUT2D eigenvalue weighted by molar-refractivity contribution is 6.19. The third-order valence-electron chi connectivity index (χ3n) is 6.95. The highest BCUT2D eigenvalue weighted by Gasteiger charge is 2.35. The van der Waals surface area contributed by atoms with Crippen LogP contribution in [-0.4, -0.2) is 33.5 Å². The number of hydrogen-bond donors (Lipinski definition) is 3. The van der Waals surface area contributed by atoms with Gasteiger partial charge in [0.25, 0.3) is 5.91 Å². The molecule has 0 bridgehead atoms. The van der Waals surface area contributed by atoms with Crippen LogP contribution in [0.25, 0.3) is 32.9 Å². The highest BCUT2D eigenvalue weighted by atomic mass is 35.5. The Morgan fingerprint density at radius 1 is 1.06 bits per heavy atom. The minimum Gasteiger partial charge on any atom is -0.508 e. The molecule has 3 N–H and O–H groups in total. The van der Waals surface area contributed by atoms with E-state index < -0.39 is 0 Å². The van der Waals surface area contributed by atoms with Crippen molar-refractivity contribution in [1.82, 2.24) is 4.98 Å². The van der Waals surface area contributed by atoms with Crippen LogP contribution in [0, 0.1) is 6.92 Å². The summed E-state index contributed by atoms with van der Waals surface area (Å²) in [6, 6.07) is 22.1. The lowest BCUT2D eigenvalue weighted by molar-refractivity contribution is 0.0988. The summed E-state index contributed by atoms with van der Waals surface area (Å²) in [4.78, 5) is 18.8. The number of nitrogens with zero attached hydrogens (tertiary/aromatic N) is 1. The van der Waals surface area contributed by atoms with Crippen LogP contribution in [0.3, 0.4) is 0 Å². The number of alkyl halides is 1. The number of aromatic hydroxyl groups is 2. The first kappa shape index (κ1) is 21.6. The van der Waals surface area contributed by atoms with Crippen LogP contribution in [0.4, 0.5) is 5.69 Å². The standard InChI is InChI=1S/C29H23ClN2O3/c1-16-3-2-4-22-26(34)13-25-28(27(16)22)20(14-30)15-32(25)29(35)18-7-10-23-19(11-18)12-24(31-23)17-5-8-21(33)9-6-17/h2-13,20,31,33-34H,14-15H2,1H3/t20-/m1/s1. The Bertz CT molecular complexity index is 1620. The first-order chi connectivity index (χ1) is 16.9. The average Bonchev–Trinajstić information content (AvgIpc) is 3.45. The minimum absolute atomic E-state index is 0.0168. The maximum absolute atomic E-state index is 13.7. The lowest BCUT2D eigenvalue weighted by Crippen LogP contribution is -2.30. The normalized spacial score (nSPS) is 15.1. The zero-order valence-electron chi connectivity index (χ0n) is 19.0. The van der Waals surface area contributed by atoms with E-state index in [0.29, 0.717) is 18.0 Å². The van der Waals surface area contributed by atoms with Crippen molar-refractivity contribution in [2.24, 2.45) is 0 Å². The summed E-state index contributed by atoms with van der Waals surface area (Å²) in [6.07, 6.45) is 0. The molecule has 5 aromatic rings. The highest BCUT2D eigenvalue weighted by Crippen LogP contribution is 2.46. The van der Waals surface area contributed by atoms with Gasteiger partial charge in [-0.2, -0.15) is 0 Å². The quantitative estimate of drug-likeness (QED) is 0.251. The Morgan fingerprint density at radius 3 is 2.63 bits per heavy atom. The molecule has 0 aliphatic carbocycles. The fraction of sp³-hybridized carbons (Fsp3) is 0.138. The summed E-state index contributed by atoms with van der Waals surface area (Å²) in [5, 5.41) is 23.0. The fourth-order valence-electron chi connectivity index (χ4n) is 5.23. The fourth-order valence-corrected chi connectivity index (χ4v) is 5.49. The zero-order chi connectivity index (χ0) is 24.3. The molecule has 4 aromatic carbocycles. The number of phenols is 2. The number of hydrogen-bond acceptors (Lipinski definition) is 3. The van der Waals surface area contributed by atoms with Gasteiger partial charge in [0.05, 0.1) is 5.69 Å². The van der Waals surface area contributed by atoms with Crippen molar-refractivity contribution in [2.75, 3.05) is 17.3 Å². The molecule has 6 heteroatoms. The van der Waals surface area contributed by atoms with Crippen molar-refractivity contribution >= 4 is 44.9 Å². The Hall–Kier alpha value is -3.96. The van der Waals surface area contributed by atoms with Gasteiger partial charge in [-0.25, -0.2) is 0 Å². The van der Waals surface area contributed by atoms with Crippen LogP contribution in [-0.2, 0) is 0 Å². The third kappa shape index (κ3) is 3.43. The van der Waals surface area contributed by atoms with E-state index in [2.05, 4.69) is 4.98 Å². The molecule has 0 saturated carbocycles. The average molecular weight is 483 g/mol. The van der Waals surface area contributed by atoms with Gasteiger partial charge >= 0.3 is 0 Å². The molecule has 1 amide bonds. The summed E-state index contributed by atoms with van der Waals surface area (Å²) in [6.45, 7) is 2.48. The van der Waals surface area contributed by atoms with Crippen molar-refractivity contribution in [3.8, 4) is 22.8 Å². The molecule has 1 atom stereocenters. The van der Waals surface area contributed by atoms with Gasteiger partial charge in [-0.05, 0) is 77.5 Å². The van der Waals surface area contributed by atoms with Gasteiger partial charge in [-0.15, -0.1) is 11.6 Å². The topological polar surface area (TPSA) is 76.6 Å². The van der Waals surface area contributed by atoms with Crippen LogP contribution < -0.4 is 4.90 Å². The number of halogens is 1. The molecule has 1 aromatic heterocycles. The Labute approximate surface area is 207 Å². The summed E-state index contributed by atoms with van der Waals surface area (Å²) >= 11 is 6.37. The number of phenolic OH excluding ortho intramolecular Hbond substituents is 2. The van der Waals surface area contributed by atoms with Crippen molar-refractivity contribution in [2.45, 2.75) is 12.8 Å². The molecule has 6 rings (SSSR count). The van der Waals surface area contributed by atoms with E-state index >= 15 is 0 Å². The van der Waals surface area contributed by atoms with Crippen molar-refractivity contribution in [3.63, 3.8) is 0 Å². The second kappa shape index (κ2) is 8.07. The van der Waals surface area contributed by atoms with Crippen LogP contribution in [0.5, 0.6) is 11.5 Å². The summed E-state index contributed by atoms with van der Waals surface area (Å²) < 4.78 is 0. The van der Waals surface area contributed by atoms with Gasteiger partial charge < -0.3 is 20.1 Å². The van der Waals surface area contributed by atoms with Crippen molar-refractivity contribution in [3.05, 3.63) is 89.5 Å². The molecule has 0 spiro atoms. The van der Waals surface area contributed by atoms with Crippen LogP contribution in [0.1, 0.15) is 27.4 Å². The predicted molar refractivity (Wildman–Crippen MR) is 141 cm³/mol. The second-order valence-corrected chi connectivity index (χ2v) is 9.43. The number of aromatic nitrogens is 1. The number of aromatic amines is 1. The molecule has 1 aliphatic heterocycles. The number of H-pyrrole nitrogens is 1. The molecule has 174 valence electrons. The SMILES string of the molecule is Cc1cccc2c(O)cc3c(c12)[C@H](CCl)CN3C(=O)c1ccc2[nH]c(-c3ccc(O)cc3)cc2c1. The van der Waals surface area contributed by atoms with Crippen LogP contribution >= 0.6 is 11.6 Å². The smallest absolute Gasteiger partial charge is 0.258 e. The van der Waals surface area contributed by atoms with Gasteiger partial charge in [0.1, 0.15) is 11.5 Å². The van der Waals surface area contributed by atoms with Gasteiger partial charge in [0, 0.05) is 52.0 Å². The van der Waals surface area contributed by atoms with Gasteiger partial charge in [-0.1, -0.05) is 18.2 Å². The van der Waals surface area contributed by atoms with E-state index in [9.17, 15) is 15.0 Å². The lowest BCUT2D eigenvalue weighted by Gasteiger charge is -2.19. The van der Waals surface area contributed by atoms with Gasteiger partial charge in [0.15, 0.2) is 0 Å². The molecule has 35 heavy (non-hydrogen) atoms. The minimum atomic E-state index is -0.125. The number of carbonyl (C=O) groups excluding carboxylic acids is 1. The van der Waals surface area contributed by atoms with E-state index in [1.165, 1.54) is 0 Å². The summed E-state index contributed by atoms with van der Waals surface area (Å²) in [5.41, 5.74) is 6.14. The maximum atomic E-state index is 13.7. The van der Waals surface area contributed by atoms with E-state index in [0.717, 1.165) is 49.7 Å². The molecular formula is C29H23ClN2O3.